The summed E-state index contributed by atoms with van der Waals surface area (Å²) >= 11 is 1.63. The van der Waals surface area contributed by atoms with Crippen LogP contribution in [0.3, 0.4) is 0 Å². The van der Waals surface area contributed by atoms with Crippen LogP contribution in [0.2, 0.25) is 0 Å². The summed E-state index contributed by atoms with van der Waals surface area (Å²) < 4.78 is 0. The molecule has 0 spiro atoms. The fourth-order valence-electron chi connectivity index (χ4n) is 1.37. The number of benzene rings is 1. The molecule has 0 aliphatic rings. The molecule has 0 aromatic heterocycles. The average molecular weight is 238 g/mol. The molecule has 3 N–H and O–H groups in total. The summed E-state index contributed by atoms with van der Waals surface area (Å²) in [6, 6.07) is 6.30. The third kappa shape index (κ3) is 3.17. The molecule has 0 saturated heterocycles. The summed E-state index contributed by atoms with van der Waals surface area (Å²) in [6.07, 6.45) is 0.841. The lowest BCUT2D eigenvalue weighted by molar-refractivity contribution is 0.317. The molecule has 0 saturated carbocycles. The topological polar surface area (TPSA) is 58.6 Å². The maximum atomic E-state index is 8.66. The van der Waals surface area contributed by atoms with E-state index in [9.17, 15) is 0 Å². The van der Waals surface area contributed by atoms with Crippen LogP contribution in [0, 0.1) is 13.8 Å². The Balaban J connectivity index is 2.82. The van der Waals surface area contributed by atoms with Crippen molar-refractivity contribution in [3.63, 3.8) is 0 Å². The summed E-state index contributed by atoms with van der Waals surface area (Å²) in [5, 5.41) is 11.8. The lowest BCUT2D eigenvalue weighted by atomic mass is 10.1. The van der Waals surface area contributed by atoms with Gasteiger partial charge in [-0.15, -0.1) is 11.8 Å². The highest BCUT2D eigenvalue weighted by Gasteiger charge is 2.13. The van der Waals surface area contributed by atoms with Gasteiger partial charge in [-0.25, -0.2) is 0 Å². The van der Waals surface area contributed by atoms with Gasteiger partial charge in [0.1, 0.15) is 0 Å². The normalized spacial score (nSPS) is 13.8. The number of amidine groups is 1. The molecule has 4 heteroatoms. The molecule has 88 valence electrons. The number of oxime groups is 1. The average Bonchev–Trinajstić information content (AvgIpc) is 2.29. The van der Waals surface area contributed by atoms with Crippen molar-refractivity contribution in [3.05, 3.63) is 29.3 Å². The molecule has 0 fully saturated rings. The lowest BCUT2D eigenvalue weighted by Gasteiger charge is -2.13. The fraction of sp³-hybridized carbons (Fsp3) is 0.417. The zero-order valence-electron chi connectivity index (χ0n) is 9.90. The van der Waals surface area contributed by atoms with E-state index in [1.807, 2.05) is 6.92 Å². The van der Waals surface area contributed by atoms with Gasteiger partial charge in [-0.1, -0.05) is 18.1 Å². The van der Waals surface area contributed by atoms with E-state index < -0.39 is 0 Å². The molecule has 0 heterocycles. The zero-order valence-corrected chi connectivity index (χ0v) is 10.7. The molecule has 1 aromatic rings. The second kappa shape index (κ2) is 5.80. The second-order valence-electron chi connectivity index (χ2n) is 3.79. The summed E-state index contributed by atoms with van der Waals surface area (Å²) in [7, 11) is 0. The van der Waals surface area contributed by atoms with Crippen molar-refractivity contribution in [3.8, 4) is 0 Å². The van der Waals surface area contributed by atoms with Crippen molar-refractivity contribution >= 4 is 17.6 Å². The summed E-state index contributed by atoms with van der Waals surface area (Å²) in [5.74, 6) is 0.283. The van der Waals surface area contributed by atoms with E-state index in [2.05, 4.69) is 37.2 Å². The fourth-order valence-corrected chi connectivity index (χ4v) is 2.42. The first-order valence-corrected chi connectivity index (χ1v) is 6.17. The van der Waals surface area contributed by atoms with Gasteiger partial charge in [-0.3, -0.25) is 0 Å². The van der Waals surface area contributed by atoms with Crippen molar-refractivity contribution in [1.29, 1.82) is 0 Å². The number of nitrogens with zero attached hydrogens (tertiary/aromatic N) is 1. The molecule has 0 aliphatic heterocycles. The zero-order chi connectivity index (χ0) is 12.1. The Morgan fingerprint density at radius 3 is 2.62 bits per heavy atom. The molecule has 0 aliphatic carbocycles. The van der Waals surface area contributed by atoms with E-state index in [1.54, 1.807) is 11.8 Å². The summed E-state index contributed by atoms with van der Waals surface area (Å²) in [5.41, 5.74) is 8.16. The highest BCUT2D eigenvalue weighted by atomic mass is 32.2. The van der Waals surface area contributed by atoms with E-state index in [0.29, 0.717) is 0 Å². The smallest absolute Gasteiger partial charge is 0.152 e. The van der Waals surface area contributed by atoms with Gasteiger partial charge in [-0.05, 0) is 43.5 Å². The van der Waals surface area contributed by atoms with Gasteiger partial charge < -0.3 is 10.9 Å². The number of aryl methyl sites for hydroxylation is 2. The Morgan fingerprint density at radius 1 is 1.44 bits per heavy atom. The van der Waals surface area contributed by atoms with E-state index in [4.69, 9.17) is 10.9 Å². The number of hydrogen-bond donors (Lipinski definition) is 2. The summed E-state index contributed by atoms with van der Waals surface area (Å²) in [4.78, 5) is 1.15. The number of rotatable bonds is 4. The van der Waals surface area contributed by atoms with Crippen LogP contribution >= 0.6 is 11.8 Å². The van der Waals surface area contributed by atoms with Gasteiger partial charge in [0.15, 0.2) is 5.84 Å². The number of hydrogen-bond acceptors (Lipinski definition) is 3. The molecule has 3 nitrogen and oxygen atoms in total. The van der Waals surface area contributed by atoms with Gasteiger partial charge in [0.05, 0.1) is 5.25 Å². The van der Waals surface area contributed by atoms with Gasteiger partial charge >= 0.3 is 0 Å². The Morgan fingerprint density at radius 2 is 2.12 bits per heavy atom. The van der Waals surface area contributed by atoms with Crippen molar-refractivity contribution in [1.82, 2.24) is 0 Å². The second-order valence-corrected chi connectivity index (χ2v) is 5.06. The van der Waals surface area contributed by atoms with E-state index in [0.717, 1.165) is 11.3 Å². The van der Waals surface area contributed by atoms with Crippen LogP contribution in [-0.2, 0) is 0 Å². The van der Waals surface area contributed by atoms with Gasteiger partial charge in [0.2, 0.25) is 0 Å². The van der Waals surface area contributed by atoms with Crippen LogP contribution in [0.5, 0.6) is 0 Å². The molecular weight excluding hydrogens is 220 g/mol. The molecule has 0 bridgehead atoms. The van der Waals surface area contributed by atoms with E-state index in [-0.39, 0.29) is 11.1 Å². The molecular formula is C12H18N2OS. The Labute approximate surface area is 101 Å². The maximum absolute atomic E-state index is 8.66. The molecule has 16 heavy (non-hydrogen) atoms. The first-order valence-electron chi connectivity index (χ1n) is 5.29. The van der Waals surface area contributed by atoms with E-state index in [1.165, 1.54) is 11.1 Å². The molecule has 1 atom stereocenters. The Kier molecular flexibility index (Phi) is 4.68. The molecule has 1 unspecified atom stereocenters. The van der Waals surface area contributed by atoms with Crippen molar-refractivity contribution < 1.29 is 5.21 Å². The maximum Gasteiger partial charge on any atom is 0.152 e. The Bertz CT molecular complexity index is 391. The van der Waals surface area contributed by atoms with Crippen molar-refractivity contribution in [2.24, 2.45) is 10.9 Å². The van der Waals surface area contributed by atoms with Crippen molar-refractivity contribution in [2.75, 3.05) is 0 Å². The minimum atomic E-state index is 0.0344. The third-order valence-corrected chi connectivity index (χ3v) is 3.96. The Hall–Kier alpha value is -1.16. The monoisotopic (exact) mass is 238 g/mol. The van der Waals surface area contributed by atoms with Crippen LogP contribution < -0.4 is 5.73 Å². The first-order chi connectivity index (χ1) is 7.58. The SMILES string of the molecule is CCC(Sc1ccc(C)c(C)c1)C(N)=NO. The number of nitrogens with two attached hydrogens (primary N) is 1. The molecule has 0 radical (unpaired) electrons. The number of thioether (sulfide) groups is 1. The molecule has 1 rings (SSSR count). The molecule has 1 aromatic carbocycles. The van der Waals surface area contributed by atoms with Gasteiger partial charge in [0, 0.05) is 4.90 Å². The van der Waals surface area contributed by atoms with Gasteiger partial charge in [-0.2, -0.15) is 0 Å². The van der Waals surface area contributed by atoms with Crippen LogP contribution in [-0.4, -0.2) is 16.3 Å². The quantitative estimate of drug-likeness (QED) is 0.279. The first kappa shape index (κ1) is 12.9. The highest BCUT2D eigenvalue weighted by Crippen LogP contribution is 2.27. The predicted octanol–water partition coefficient (Wildman–Crippen LogP) is 2.92. The van der Waals surface area contributed by atoms with Crippen LogP contribution in [0.25, 0.3) is 0 Å². The summed E-state index contributed by atoms with van der Waals surface area (Å²) in [6.45, 7) is 6.20. The lowest BCUT2D eigenvalue weighted by Crippen LogP contribution is -2.25. The van der Waals surface area contributed by atoms with Crippen LogP contribution in [0.4, 0.5) is 0 Å². The van der Waals surface area contributed by atoms with E-state index >= 15 is 0 Å². The molecule has 0 amide bonds. The third-order valence-electron chi connectivity index (χ3n) is 2.57. The predicted molar refractivity (Wildman–Crippen MR) is 69.3 cm³/mol. The van der Waals surface area contributed by atoms with Crippen molar-refractivity contribution in [2.45, 2.75) is 37.3 Å². The standard InChI is InChI=1S/C12H18N2OS/c1-4-11(12(13)14-15)16-10-6-5-8(2)9(3)7-10/h5-7,11,15H,4H2,1-3H3,(H2,13,14). The van der Waals surface area contributed by atoms with Crippen LogP contribution in [0.15, 0.2) is 28.3 Å². The van der Waals surface area contributed by atoms with Crippen LogP contribution in [0.1, 0.15) is 24.5 Å². The van der Waals surface area contributed by atoms with Gasteiger partial charge in [0.25, 0.3) is 0 Å². The minimum Gasteiger partial charge on any atom is -0.409 e. The largest absolute Gasteiger partial charge is 0.409 e. The highest BCUT2D eigenvalue weighted by molar-refractivity contribution is 8.00. The minimum absolute atomic E-state index is 0.0344.